The van der Waals surface area contributed by atoms with Crippen molar-refractivity contribution in [1.29, 1.82) is 0 Å². The van der Waals surface area contributed by atoms with Gasteiger partial charge in [0, 0.05) is 0 Å². The number of hydrogen-bond acceptors (Lipinski definition) is 1. The Kier molecular flexibility index (Phi) is 2.27. The van der Waals surface area contributed by atoms with E-state index in [1.165, 1.54) is 0 Å². The van der Waals surface area contributed by atoms with Crippen LogP contribution in [0.2, 0.25) is 0 Å². The third-order valence-corrected chi connectivity index (χ3v) is 0.702. The Labute approximate surface area is 48.4 Å². The first-order valence-electron chi connectivity index (χ1n) is 1.63. The summed E-state index contributed by atoms with van der Waals surface area (Å²) in [5.74, 6) is 0. The van der Waals surface area contributed by atoms with Crippen molar-refractivity contribution >= 4 is 17.9 Å². The van der Waals surface area contributed by atoms with Gasteiger partial charge in [0.15, 0.2) is 6.29 Å². The van der Waals surface area contributed by atoms with Gasteiger partial charge in [0.05, 0.1) is 0 Å². The van der Waals surface area contributed by atoms with Crippen LogP contribution in [0, 0.1) is 0 Å². The second-order valence-corrected chi connectivity index (χ2v) is 1.67. The Morgan fingerprint density at radius 1 is 1.62 bits per heavy atom. The van der Waals surface area contributed by atoms with Crippen molar-refractivity contribution in [2.45, 2.75) is 11.6 Å². The van der Waals surface area contributed by atoms with E-state index in [2.05, 4.69) is 11.6 Å². The molecule has 1 nitrogen and oxygen atoms in total. The molecule has 0 amide bonds. The summed E-state index contributed by atoms with van der Waals surface area (Å²) in [7, 11) is 0. The SMILES string of the molecule is O=CC(F)(Cl)C(F)F. The second-order valence-electron chi connectivity index (χ2n) is 1.09. The summed E-state index contributed by atoms with van der Waals surface area (Å²) < 4.78 is 33.7. The van der Waals surface area contributed by atoms with Crippen LogP contribution < -0.4 is 0 Å². The molecule has 0 aromatic carbocycles. The third-order valence-electron chi connectivity index (χ3n) is 0.448. The molecule has 0 saturated heterocycles. The molecule has 0 aromatic heterocycles. The van der Waals surface area contributed by atoms with Crippen LogP contribution in [-0.4, -0.2) is 17.8 Å². The summed E-state index contributed by atoms with van der Waals surface area (Å²) in [5, 5.41) is -3.50. The summed E-state index contributed by atoms with van der Waals surface area (Å²) in [6.07, 6.45) is -4.10. The van der Waals surface area contributed by atoms with Gasteiger partial charge < -0.3 is 0 Å². The number of alkyl halides is 4. The highest BCUT2D eigenvalue weighted by Crippen LogP contribution is 2.22. The highest BCUT2D eigenvalue weighted by Gasteiger charge is 2.37. The maximum Gasteiger partial charge on any atom is 0.298 e. The molecule has 0 aliphatic carbocycles. The first-order valence-corrected chi connectivity index (χ1v) is 2.01. The van der Waals surface area contributed by atoms with Crippen LogP contribution in [0.4, 0.5) is 13.2 Å². The molecule has 0 heterocycles. The predicted octanol–water partition coefficient (Wildman–Crippen LogP) is 1.35. The van der Waals surface area contributed by atoms with Gasteiger partial charge in [0.1, 0.15) is 0 Å². The van der Waals surface area contributed by atoms with Crippen LogP contribution in [0.15, 0.2) is 0 Å². The highest BCUT2D eigenvalue weighted by atomic mass is 35.5. The average Bonchev–Trinajstić information content (AvgIpc) is 1.67. The first kappa shape index (κ1) is 7.75. The molecule has 0 N–H and O–H groups in total. The number of carbonyl (C=O) groups is 1. The minimum Gasteiger partial charge on any atom is -0.298 e. The standard InChI is InChI=1S/C3H2ClF3O/c4-3(7,1-8)2(5)6/h1-2H. The molecule has 0 fully saturated rings. The lowest BCUT2D eigenvalue weighted by Crippen LogP contribution is -2.26. The van der Waals surface area contributed by atoms with Crippen molar-refractivity contribution in [2.24, 2.45) is 0 Å². The Balaban J connectivity index is 3.90. The molecule has 5 heteroatoms. The van der Waals surface area contributed by atoms with Crippen LogP contribution in [0.3, 0.4) is 0 Å². The molecule has 1 atom stereocenters. The fourth-order valence-electron chi connectivity index (χ4n) is 0.0514. The van der Waals surface area contributed by atoms with Gasteiger partial charge in [-0.25, -0.2) is 13.2 Å². The zero-order valence-corrected chi connectivity index (χ0v) is 4.33. The molecule has 0 aliphatic heterocycles. The van der Waals surface area contributed by atoms with Crippen LogP contribution in [0.5, 0.6) is 0 Å². The summed E-state index contributed by atoms with van der Waals surface area (Å²) in [6.45, 7) is 0. The first-order chi connectivity index (χ1) is 3.50. The Bertz CT molecular complexity index is 92.5. The normalized spacial score (nSPS) is 18.1. The summed E-state index contributed by atoms with van der Waals surface area (Å²) in [6, 6.07) is 0. The van der Waals surface area contributed by atoms with Gasteiger partial charge in [-0.3, -0.25) is 4.79 Å². The van der Waals surface area contributed by atoms with Crippen LogP contribution in [0.25, 0.3) is 0 Å². The average molecular weight is 146 g/mol. The molecule has 0 rings (SSSR count). The molecule has 0 radical (unpaired) electrons. The topological polar surface area (TPSA) is 17.1 Å². The van der Waals surface area contributed by atoms with E-state index >= 15 is 0 Å². The monoisotopic (exact) mass is 146 g/mol. The molecular formula is C3H2ClF3O. The summed E-state index contributed by atoms with van der Waals surface area (Å²) in [4.78, 5) is 9.28. The fourth-order valence-corrected chi connectivity index (χ4v) is 0.0514. The van der Waals surface area contributed by atoms with Crippen molar-refractivity contribution in [1.82, 2.24) is 0 Å². The third kappa shape index (κ3) is 1.69. The van der Waals surface area contributed by atoms with Gasteiger partial charge in [-0.05, 0) is 0 Å². The van der Waals surface area contributed by atoms with Crippen molar-refractivity contribution in [3.05, 3.63) is 0 Å². The number of halogens is 4. The molecule has 8 heavy (non-hydrogen) atoms. The molecule has 48 valence electrons. The van der Waals surface area contributed by atoms with Crippen LogP contribution >= 0.6 is 11.6 Å². The zero-order valence-electron chi connectivity index (χ0n) is 3.57. The number of hydrogen-bond donors (Lipinski definition) is 0. The van der Waals surface area contributed by atoms with Gasteiger partial charge in [-0.15, -0.1) is 0 Å². The van der Waals surface area contributed by atoms with E-state index in [1.807, 2.05) is 0 Å². The molecule has 0 saturated carbocycles. The highest BCUT2D eigenvalue weighted by molar-refractivity contribution is 6.30. The van der Waals surface area contributed by atoms with Crippen molar-refractivity contribution < 1.29 is 18.0 Å². The summed E-state index contributed by atoms with van der Waals surface area (Å²) in [5.41, 5.74) is 0. The largest absolute Gasteiger partial charge is 0.298 e. The molecule has 0 aromatic rings. The van der Waals surface area contributed by atoms with E-state index in [0.29, 0.717) is 0 Å². The van der Waals surface area contributed by atoms with Gasteiger partial charge in [0.2, 0.25) is 0 Å². The molecular weight excluding hydrogens is 144 g/mol. The minimum atomic E-state index is -3.50. The van der Waals surface area contributed by atoms with Crippen molar-refractivity contribution in [2.75, 3.05) is 0 Å². The minimum absolute atomic E-state index is 0.640. The van der Waals surface area contributed by atoms with Crippen LogP contribution in [-0.2, 0) is 4.79 Å². The molecule has 0 aliphatic rings. The van der Waals surface area contributed by atoms with E-state index in [-0.39, 0.29) is 0 Å². The van der Waals surface area contributed by atoms with Gasteiger partial charge in [0.25, 0.3) is 11.6 Å². The van der Waals surface area contributed by atoms with Crippen LogP contribution in [0.1, 0.15) is 0 Å². The zero-order chi connectivity index (χ0) is 6.78. The smallest absolute Gasteiger partial charge is 0.298 e. The Morgan fingerprint density at radius 3 is 2.00 bits per heavy atom. The number of carbonyl (C=O) groups excluding carboxylic acids is 1. The Hall–Kier alpha value is -0.250. The van der Waals surface area contributed by atoms with Gasteiger partial charge >= 0.3 is 0 Å². The maximum atomic E-state index is 11.6. The molecule has 0 bridgehead atoms. The Morgan fingerprint density at radius 2 is 2.00 bits per heavy atom. The van der Waals surface area contributed by atoms with E-state index in [0.717, 1.165) is 0 Å². The van der Waals surface area contributed by atoms with Gasteiger partial charge in [-0.2, -0.15) is 0 Å². The van der Waals surface area contributed by atoms with Crippen molar-refractivity contribution in [3.63, 3.8) is 0 Å². The van der Waals surface area contributed by atoms with Crippen molar-refractivity contribution in [3.8, 4) is 0 Å². The maximum absolute atomic E-state index is 11.6. The fraction of sp³-hybridized carbons (Fsp3) is 0.667. The van der Waals surface area contributed by atoms with E-state index in [9.17, 15) is 18.0 Å². The molecule has 1 unspecified atom stereocenters. The lowest BCUT2D eigenvalue weighted by molar-refractivity contribution is -0.120. The quantitative estimate of drug-likeness (QED) is 0.425. The lowest BCUT2D eigenvalue weighted by Gasteiger charge is -2.05. The van der Waals surface area contributed by atoms with E-state index < -0.39 is 17.8 Å². The van der Waals surface area contributed by atoms with E-state index in [1.54, 1.807) is 0 Å². The lowest BCUT2D eigenvalue weighted by atomic mass is 10.4. The number of rotatable bonds is 2. The van der Waals surface area contributed by atoms with E-state index in [4.69, 9.17) is 0 Å². The molecule has 0 spiro atoms. The summed E-state index contributed by atoms with van der Waals surface area (Å²) >= 11 is 4.27. The van der Waals surface area contributed by atoms with Gasteiger partial charge in [-0.1, -0.05) is 11.6 Å². The number of aldehydes is 1. The predicted molar refractivity (Wildman–Crippen MR) is 21.8 cm³/mol. The second kappa shape index (κ2) is 2.35.